The highest BCUT2D eigenvalue weighted by Crippen LogP contribution is 2.30. The molecule has 1 aromatic rings. The van der Waals surface area contributed by atoms with Crippen molar-refractivity contribution in [3.63, 3.8) is 0 Å². The van der Waals surface area contributed by atoms with Gasteiger partial charge in [-0.3, -0.25) is 4.90 Å². The van der Waals surface area contributed by atoms with Crippen molar-refractivity contribution in [3.05, 3.63) is 16.1 Å². The van der Waals surface area contributed by atoms with Crippen LogP contribution in [0.3, 0.4) is 0 Å². The number of aromatic nitrogens is 1. The van der Waals surface area contributed by atoms with Crippen molar-refractivity contribution in [3.8, 4) is 0 Å². The second kappa shape index (κ2) is 4.85. The first-order valence-electron chi connectivity index (χ1n) is 6.32. The van der Waals surface area contributed by atoms with Crippen LogP contribution in [0, 0.1) is 0 Å². The van der Waals surface area contributed by atoms with Crippen molar-refractivity contribution in [1.82, 2.24) is 9.88 Å². The van der Waals surface area contributed by atoms with E-state index in [1.165, 1.54) is 0 Å². The molecule has 0 unspecified atom stereocenters. The molecular weight excluding hydrogens is 254 g/mol. The molecule has 0 aliphatic carbocycles. The van der Waals surface area contributed by atoms with Gasteiger partial charge in [0.25, 0.3) is 5.92 Å². The van der Waals surface area contributed by atoms with Crippen LogP contribution in [0.4, 0.5) is 8.78 Å². The third kappa shape index (κ3) is 3.48. The summed E-state index contributed by atoms with van der Waals surface area (Å²) in [5, 5.41) is 1.07. The van der Waals surface area contributed by atoms with Crippen molar-refractivity contribution in [2.24, 2.45) is 0 Å². The van der Waals surface area contributed by atoms with Crippen LogP contribution in [-0.4, -0.2) is 28.9 Å². The number of alkyl halides is 2. The normalized spacial score (nSPS) is 21.2. The first-order chi connectivity index (χ1) is 8.26. The van der Waals surface area contributed by atoms with Gasteiger partial charge in [-0.25, -0.2) is 13.8 Å². The maximum Gasteiger partial charge on any atom is 0.260 e. The van der Waals surface area contributed by atoms with Crippen LogP contribution >= 0.6 is 11.3 Å². The minimum absolute atomic E-state index is 0.0272. The molecule has 0 aromatic carbocycles. The highest BCUT2D eigenvalue weighted by atomic mass is 32.1. The van der Waals surface area contributed by atoms with Crippen molar-refractivity contribution >= 4 is 11.3 Å². The van der Waals surface area contributed by atoms with E-state index in [1.54, 1.807) is 11.3 Å². The largest absolute Gasteiger partial charge is 0.292 e. The molecule has 1 fully saturated rings. The zero-order valence-electron chi connectivity index (χ0n) is 11.2. The molecule has 18 heavy (non-hydrogen) atoms. The van der Waals surface area contributed by atoms with E-state index in [0.717, 1.165) is 16.4 Å². The second-order valence-corrected chi connectivity index (χ2v) is 7.17. The zero-order valence-corrected chi connectivity index (χ0v) is 12.0. The summed E-state index contributed by atoms with van der Waals surface area (Å²) in [6, 6.07) is 0. The van der Waals surface area contributed by atoms with Gasteiger partial charge >= 0.3 is 0 Å². The Labute approximate surface area is 111 Å². The summed E-state index contributed by atoms with van der Waals surface area (Å²) in [5.74, 6) is -2.52. The van der Waals surface area contributed by atoms with Gasteiger partial charge in [0, 0.05) is 29.5 Å². The first-order valence-corrected chi connectivity index (χ1v) is 7.13. The lowest BCUT2D eigenvalue weighted by Gasteiger charge is -2.31. The highest BCUT2D eigenvalue weighted by Gasteiger charge is 2.35. The molecule has 1 aliphatic heterocycles. The standard InChI is InChI=1S/C13H20F2N2S/c1-12(2,3)11-16-7-10(18-11)8-17-6-4-5-13(14,15)9-17/h7H,4-6,8-9H2,1-3H3. The molecule has 5 heteroatoms. The number of rotatable bonds is 2. The number of nitrogens with zero attached hydrogens (tertiary/aromatic N) is 2. The molecule has 1 aliphatic rings. The lowest BCUT2D eigenvalue weighted by Crippen LogP contribution is -2.41. The number of hydrogen-bond donors (Lipinski definition) is 0. The Bertz CT molecular complexity index is 409. The van der Waals surface area contributed by atoms with Crippen molar-refractivity contribution in [2.75, 3.05) is 13.1 Å². The molecule has 0 radical (unpaired) electrons. The molecule has 0 saturated carbocycles. The van der Waals surface area contributed by atoms with Crippen LogP contribution in [-0.2, 0) is 12.0 Å². The van der Waals surface area contributed by atoms with E-state index in [9.17, 15) is 8.78 Å². The molecule has 2 heterocycles. The van der Waals surface area contributed by atoms with Gasteiger partial charge in [-0.2, -0.15) is 0 Å². The quantitative estimate of drug-likeness (QED) is 0.818. The smallest absolute Gasteiger partial charge is 0.260 e. The minimum Gasteiger partial charge on any atom is -0.292 e. The lowest BCUT2D eigenvalue weighted by atomic mass is 9.98. The monoisotopic (exact) mass is 274 g/mol. The van der Waals surface area contributed by atoms with Crippen LogP contribution in [0.5, 0.6) is 0 Å². The fraction of sp³-hybridized carbons (Fsp3) is 0.769. The van der Waals surface area contributed by atoms with E-state index >= 15 is 0 Å². The summed E-state index contributed by atoms with van der Waals surface area (Å²) in [4.78, 5) is 7.31. The fourth-order valence-corrected chi connectivity index (χ4v) is 3.14. The summed E-state index contributed by atoms with van der Waals surface area (Å²) in [6.45, 7) is 7.59. The summed E-state index contributed by atoms with van der Waals surface area (Å²) in [5.41, 5.74) is 0.0365. The summed E-state index contributed by atoms with van der Waals surface area (Å²) >= 11 is 1.64. The molecule has 0 atom stereocenters. The van der Waals surface area contributed by atoms with E-state index in [1.807, 2.05) is 11.1 Å². The van der Waals surface area contributed by atoms with Crippen molar-refractivity contribution in [2.45, 2.75) is 51.5 Å². The third-order valence-corrected chi connectivity index (χ3v) is 4.45. The molecular formula is C13H20F2N2S. The zero-order chi connectivity index (χ0) is 13.4. The topological polar surface area (TPSA) is 16.1 Å². The van der Waals surface area contributed by atoms with E-state index in [4.69, 9.17) is 0 Å². The molecule has 1 aromatic heterocycles. The van der Waals surface area contributed by atoms with Crippen LogP contribution in [0.1, 0.15) is 43.5 Å². The maximum absolute atomic E-state index is 13.3. The van der Waals surface area contributed by atoms with Gasteiger partial charge in [0.05, 0.1) is 11.6 Å². The minimum atomic E-state index is -2.52. The number of hydrogen-bond acceptors (Lipinski definition) is 3. The number of thiazole rings is 1. The Morgan fingerprint density at radius 3 is 2.72 bits per heavy atom. The van der Waals surface area contributed by atoms with E-state index < -0.39 is 5.92 Å². The van der Waals surface area contributed by atoms with E-state index in [0.29, 0.717) is 13.0 Å². The molecule has 0 N–H and O–H groups in total. The number of halogens is 2. The predicted octanol–water partition coefficient (Wildman–Crippen LogP) is 3.67. The van der Waals surface area contributed by atoms with E-state index in [2.05, 4.69) is 25.8 Å². The summed E-state index contributed by atoms with van der Waals surface area (Å²) < 4.78 is 26.6. The molecule has 2 nitrogen and oxygen atoms in total. The van der Waals surface area contributed by atoms with Gasteiger partial charge in [-0.05, 0) is 13.0 Å². The molecule has 2 rings (SSSR count). The Balaban J connectivity index is 1.99. The van der Waals surface area contributed by atoms with Crippen LogP contribution < -0.4 is 0 Å². The number of piperidine rings is 1. The SMILES string of the molecule is CC(C)(C)c1ncc(CN2CCCC(F)(F)C2)s1. The van der Waals surface area contributed by atoms with Gasteiger partial charge in [-0.1, -0.05) is 20.8 Å². The second-order valence-electron chi connectivity index (χ2n) is 6.05. The summed E-state index contributed by atoms with van der Waals surface area (Å²) in [7, 11) is 0. The molecule has 0 spiro atoms. The average Bonchev–Trinajstić information content (AvgIpc) is 2.63. The predicted molar refractivity (Wildman–Crippen MR) is 70.3 cm³/mol. The maximum atomic E-state index is 13.3. The Morgan fingerprint density at radius 1 is 1.44 bits per heavy atom. The van der Waals surface area contributed by atoms with Crippen molar-refractivity contribution < 1.29 is 8.78 Å². The van der Waals surface area contributed by atoms with Crippen LogP contribution in [0.25, 0.3) is 0 Å². The Morgan fingerprint density at radius 2 is 2.17 bits per heavy atom. The van der Waals surface area contributed by atoms with Gasteiger partial charge < -0.3 is 0 Å². The lowest BCUT2D eigenvalue weighted by molar-refractivity contribution is -0.0659. The highest BCUT2D eigenvalue weighted by molar-refractivity contribution is 7.11. The van der Waals surface area contributed by atoms with Crippen molar-refractivity contribution in [1.29, 1.82) is 0 Å². The molecule has 0 amide bonds. The van der Waals surface area contributed by atoms with Crippen LogP contribution in [0.2, 0.25) is 0 Å². The van der Waals surface area contributed by atoms with Crippen LogP contribution in [0.15, 0.2) is 6.20 Å². The van der Waals surface area contributed by atoms with Gasteiger partial charge in [0.2, 0.25) is 0 Å². The average molecular weight is 274 g/mol. The molecule has 0 bridgehead atoms. The first kappa shape index (κ1) is 13.9. The molecule has 1 saturated heterocycles. The van der Waals surface area contributed by atoms with Gasteiger partial charge in [-0.15, -0.1) is 11.3 Å². The van der Waals surface area contributed by atoms with E-state index in [-0.39, 0.29) is 18.4 Å². The van der Waals surface area contributed by atoms with Gasteiger partial charge in [0.15, 0.2) is 0 Å². The number of likely N-dealkylation sites (tertiary alicyclic amines) is 1. The van der Waals surface area contributed by atoms with Gasteiger partial charge in [0.1, 0.15) is 0 Å². The Hall–Kier alpha value is -0.550. The third-order valence-electron chi connectivity index (χ3n) is 3.05. The Kier molecular flexibility index (Phi) is 3.74. The summed E-state index contributed by atoms with van der Waals surface area (Å²) in [6.07, 6.45) is 2.44. The molecule has 102 valence electrons. The fourth-order valence-electron chi connectivity index (χ4n) is 2.13.